The quantitative estimate of drug-likeness (QED) is 0.252. The summed E-state index contributed by atoms with van der Waals surface area (Å²) in [6.45, 7) is 3.53. The van der Waals surface area contributed by atoms with Gasteiger partial charge in [0.2, 0.25) is 5.91 Å². The molecule has 0 saturated carbocycles. The van der Waals surface area contributed by atoms with Crippen molar-refractivity contribution in [3.8, 4) is 0 Å². The van der Waals surface area contributed by atoms with Crippen LogP contribution in [0.15, 0.2) is 27.8 Å². The second kappa shape index (κ2) is 13.3. The Labute approximate surface area is 178 Å². The molecule has 2 rings (SSSR count). The van der Waals surface area contributed by atoms with Crippen LogP contribution in [0.3, 0.4) is 0 Å². The predicted octanol–water partition coefficient (Wildman–Crippen LogP) is 2.60. The zero-order valence-corrected chi connectivity index (χ0v) is 18.8. The Bertz CT molecular complexity index is 531. The molecular formula is C18H31IN4O2S. The third kappa shape index (κ3) is 8.20. The summed E-state index contributed by atoms with van der Waals surface area (Å²) in [6, 6.07) is 3.91. The average Bonchev–Trinajstić information content (AvgIpc) is 3.14. The first kappa shape index (κ1) is 23.1. The highest BCUT2D eigenvalue weighted by Gasteiger charge is 2.23. The van der Waals surface area contributed by atoms with E-state index in [0.29, 0.717) is 12.3 Å². The summed E-state index contributed by atoms with van der Waals surface area (Å²) < 4.78 is 5.39. The molecule has 1 amide bonds. The van der Waals surface area contributed by atoms with Crippen molar-refractivity contribution in [2.75, 3.05) is 45.2 Å². The molecule has 0 aliphatic carbocycles. The van der Waals surface area contributed by atoms with Crippen LogP contribution in [0.2, 0.25) is 0 Å². The number of aliphatic imine (C=N–C) groups is 1. The fraction of sp³-hybridized carbons (Fsp3) is 0.667. The van der Waals surface area contributed by atoms with Crippen LogP contribution in [0, 0.1) is 5.92 Å². The van der Waals surface area contributed by atoms with Crippen LogP contribution in [0.25, 0.3) is 0 Å². The number of piperidine rings is 1. The summed E-state index contributed by atoms with van der Waals surface area (Å²) in [4.78, 5) is 18.6. The number of carbonyl (C=O) groups is 1. The number of rotatable bonds is 8. The molecule has 2 heterocycles. The molecule has 148 valence electrons. The zero-order valence-electron chi connectivity index (χ0n) is 15.7. The highest BCUT2D eigenvalue weighted by molar-refractivity contribution is 14.0. The van der Waals surface area contributed by atoms with Crippen LogP contribution in [0.5, 0.6) is 0 Å². The van der Waals surface area contributed by atoms with E-state index in [1.54, 1.807) is 13.3 Å². The monoisotopic (exact) mass is 494 g/mol. The molecule has 0 aromatic carbocycles. The minimum atomic E-state index is 0. The molecule has 8 heteroatoms. The molecule has 1 aliphatic heterocycles. The van der Waals surface area contributed by atoms with Crippen molar-refractivity contribution in [1.82, 2.24) is 15.5 Å². The van der Waals surface area contributed by atoms with Crippen molar-refractivity contribution in [2.45, 2.75) is 25.7 Å². The van der Waals surface area contributed by atoms with Gasteiger partial charge in [0.05, 0.1) is 12.8 Å². The lowest BCUT2D eigenvalue weighted by Gasteiger charge is -2.34. The second-order valence-corrected chi connectivity index (χ2v) is 7.25. The maximum absolute atomic E-state index is 11.6. The number of thioether (sulfide) groups is 1. The largest absolute Gasteiger partial charge is 0.469 e. The highest BCUT2D eigenvalue weighted by Crippen LogP contribution is 2.20. The molecule has 6 nitrogen and oxygen atoms in total. The van der Waals surface area contributed by atoms with Crippen molar-refractivity contribution in [3.63, 3.8) is 0 Å². The third-order valence-corrected chi connectivity index (χ3v) is 5.05. The number of carbonyl (C=O) groups excluding carboxylic acids is 1. The first-order valence-corrected chi connectivity index (χ1v) is 10.4. The Balaban J connectivity index is 0.00000338. The van der Waals surface area contributed by atoms with Gasteiger partial charge < -0.3 is 20.0 Å². The number of guanidine groups is 1. The Hall–Kier alpha value is -0.900. The molecule has 0 unspecified atom stereocenters. The van der Waals surface area contributed by atoms with E-state index in [4.69, 9.17) is 9.41 Å². The minimum absolute atomic E-state index is 0. The van der Waals surface area contributed by atoms with Gasteiger partial charge >= 0.3 is 0 Å². The van der Waals surface area contributed by atoms with E-state index in [0.717, 1.165) is 62.9 Å². The van der Waals surface area contributed by atoms with Crippen molar-refractivity contribution < 1.29 is 9.21 Å². The van der Waals surface area contributed by atoms with Gasteiger partial charge in [0.25, 0.3) is 0 Å². The Kier molecular flexibility index (Phi) is 11.8. The molecule has 0 atom stereocenters. The average molecular weight is 494 g/mol. The fourth-order valence-corrected chi connectivity index (χ4v) is 3.25. The first-order valence-electron chi connectivity index (χ1n) is 8.98. The normalized spacial score (nSPS) is 15.5. The lowest BCUT2D eigenvalue weighted by molar-refractivity contribution is -0.121. The van der Waals surface area contributed by atoms with Crippen molar-refractivity contribution >= 4 is 47.6 Å². The second-order valence-electron chi connectivity index (χ2n) is 6.26. The van der Waals surface area contributed by atoms with Gasteiger partial charge in [0, 0.05) is 45.3 Å². The van der Waals surface area contributed by atoms with Crippen LogP contribution < -0.4 is 10.6 Å². The molecule has 1 saturated heterocycles. The van der Waals surface area contributed by atoms with Gasteiger partial charge in [0.15, 0.2) is 5.96 Å². The highest BCUT2D eigenvalue weighted by atomic mass is 127. The minimum Gasteiger partial charge on any atom is -0.469 e. The summed E-state index contributed by atoms with van der Waals surface area (Å²) in [6.07, 6.45) is 7.37. The summed E-state index contributed by atoms with van der Waals surface area (Å²) in [5, 5.41) is 6.20. The predicted molar refractivity (Wildman–Crippen MR) is 119 cm³/mol. The molecule has 1 aliphatic rings. The van der Waals surface area contributed by atoms with E-state index in [9.17, 15) is 4.79 Å². The topological polar surface area (TPSA) is 69.9 Å². The molecule has 0 spiro atoms. The number of nitrogens with one attached hydrogen (secondary N) is 2. The number of halogens is 1. The van der Waals surface area contributed by atoms with Crippen molar-refractivity contribution in [3.05, 3.63) is 24.2 Å². The lowest BCUT2D eigenvalue weighted by atomic mass is 9.93. The van der Waals surface area contributed by atoms with E-state index < -0.39 is 0 Å². The SMILES string of the molecule is CNC(=O)CC1CCN(C(=NCCSC)NCCc2ccco2)CC1.I. The van der Waals surface area contributed by atoms with E-state index in [1.165, 1.54) is 0 Å². The number of amides is 1. The van der Waals surface area contributed by atoms with Crippen molar-refractivity contribution in [1.29, 1.82) is 0 Å². The van der Waals surface area contributed by atoms with E-state index >= 15 is 0 Å². The van der Waals surface area contributed by atoms with Crippen LogP contribution in [-0.2, 0) is 11.2 Å². The number of furan rings is 1. The molecule has 0 bridgehead atoms. The van der Waals surface area contributed by atoms with E-state index in [2.05, 4.69) is 21.8 Å². The maximum Gasteiger partial charge on any atom is 0.220 e. The summed E-state index contributed by atoms with van der Waals surface area (Å²) >= 11 is 1.81. The zero-order chi connectivity index (χ0) is 17.9. The number of likely N-dealkylation sites (tertiary alicyclic amines) is 1. The fourth-order valence-electron chi connectivity index (χ4n) is 2.98. The van der Waals surface area contributed by atoms with Gasteiger partial charge in [-0.15, -0.1) is 24.0 Å². The molecular weight excluding hydrogens is 463 g/mol. The van der Waals surface area contributed by atoms with Crippen molar-refractivity contribution in [2.24, 2.45) is 10.9 Å². The summed E-state index contributed by atoms with van der Waals surface area (Å²) in [7, 11) is 1.71. The van der Waals surface area contributed by atoms with Crippen LogP contribution in [0.4, 0.5) is 0 Å². The summed E-state index contributed by atoms with van der Waals surface area (Å²) in [5.74, 6) is 3.62. The smallest absolute Gasteiger partial charge is 0.220 e. The van der Waals surface area contributed by atoms with Gasteiger partial charge in [-0.25, -0.2) is 0 Å². The van der Waals surface area contributed by atoms with Gasteiger partial charge in [-0.2, -0.15) is 11.8 Å². The molecule has 1 aromatic heterocycles. The third-order valence-electron chi connectivity index (χ3n) is 4.46. The molecule has 0 radical (unpaired) electrons. The van der Waals surface area contributed by atoms with Crippen LogP contribution in [0.1, 0.15) is 25.0 Å². The Morgan fingerprint density at radius 3 is 2.81 bits per heavy atom. The van der Waals surface area contributed by atoms with E-state index in [-0.39, 0.29) is 29.9 Å². The molecule has 1 aromatic rings. The maximum atomic E-state index is 11.6. The molecule has 2 N–H and O–H groups in total. The van der Waals surface area contributed by atoms with Crippen LogP contribution >= 0.6 is 35.7 Å². The molecule has 26 heavy (non-hydrogen) atoms. The molecule has 1 fully saturated rings. The van der Waals surface area contributed by atoms with Gasteiger partial charge in [0.1, 0.15) is 5.76 Å². The Morgan fingerprint density at radius 1 is 1.42 bits per heavy atom. The number of hydrogen-bond donors (Lipinski definition) is 2. The Morgan fingerprint density at radius 2 is 2.19 bits per heavy atom. The first-order chi connectivity index (χ1) is 12.2. The number of hydrogen-bond acceptors (Lipinski definition) is 4. The lowest BCUT2D eigenvalue weighted by Crippen LogP contribution is -2.46. The van der Waals surface area contributed by atoms with Gasteiger partial charge in [-0.05, 0) is 37.1 Å². The van der Waals surface area contributed by atoms with Crippen LogP contribution in [-0.4, -0.2) is 62.0 Å². The summed E-state index contributed by atoms with van der Waals surface area (Å²) in [5.41, 5.74) is 0. The number of nitrogens with zero attached hydrogens (tertiary/aromatic N) is 2. The van der Waals surface area contributed by atoms with Gasteiger partial charge in [-0.3, -0.25) is 9.79 Å². The standard InChI is InChI=1S/C18H30N4O2S.HI/c1-19-17(23)14-15-6-10-22(11-7-15)18(21-9-13-25-2)20-8-5-16-4-3-12-24-16;/h3-4,12,15H,5-11,13-14H2,1-2H3,(H,19,23)(H,20,21);1H. The van der Waals surface area contributed by atoms with E-state index in [1.807, 2.05) is 23.9 Å². The van der Waals surface area contributed by atoms with Gasteiger partial charge in [-0.1, -0.05) is 0 Å².